The van der Waals surface area contributed by atoms with Crippen molar-refractivity contribution in [3.63, 3.8) is 0 Å². The zero-order chi connectivity index (χ0) is 13.8. The fourth-order valence-electron chi connectivity index (χ4n) is 1.90. The maximum Gasteiger partial charge on any atom is 0.253 e. The van der Waals surface area contributed by atoms with E-state index in [1.54, 1.807) is 24.3 Å². The molecule has 0 saturated heterocycles. The van der Waals surface area contributed by atoms with Gasteiger partial charge in [-0.15, -0.1) is 0 Å². The Bertz CT molecular complexity index is 598. The minimum Gasteiger partial charge on any atom is -0.398 e. The van der Waals surface area contributed by atoms with Crippen molar-refractivity contribution in [1.82, 2.24) is 5.32 Å². The van der Waals surface area contributed by atoms with Crippen LogP contribution in [0.2, 0.25) is 5.02 Å². The third kappa shape index (κ3) is 3.06. The molecule has 0 spiro atoms. The van der Waals surface area contributed by atoms with Crippen molar-refractivity contribution in [2.24, 2.45) is 0 Å². The fraction of sp³-hybridized carbons (Fsp3) is 0.133. The molecular weight excluding hydrogens is 260 g/mol. The van der Waals surface area contributed by atoms with Crippen LogP contribution in [0.25, 0.3) is 0 Å². The fourth-order valence-corrected chi connectivity index (χ4v) is 2.12. The number of para-hydroxylation sites is 1. The number of hydrogen-bond donors (Lipinski definition) is 2. The van der Waals surface area contributed by atoms with Crippen LogP contribution >= 0.6 is 11.6 Å². The van der Waals surface area contributed by atoms with E-state index in [-0.39, 0.29) is 11.9 Å². The Balaban J connectivity index is 2.16. The zero-order valence-electron chi connectivity index (χ0n) is 10.6. The largest absolute Gasteiger partial charge is 0.398 e. The van der Waals surface area contributed by atoms with E-state index in [0.717, 1.165) is 5.56 Å². The molecule has 2 aromatic rings. The summed E-state index contributed by atoms with van der Waals surface area (Å²) in [4.78, 5) is 12.1. The summed E-state index contributed by atoms with van der Waals surface area (Å²) in [5.41, 5.74) is 7.90. The van der Waals surface area contributed by atoms with Gasteiger partial charge in [0.25, 0.3) is 5.91 Å². The van der Waals surface area contributed by atoms with Gasteiger partial charge in [-0.05, 0) is 30.7 Å². The lowest BCUT2D eigenvalue weighted by atomic mass is 10.1. The van der Waals surface area contributed by atoms with Crippen molar-refractivity contribution in [2.45, 2.75) is 13.0 Å². The zero-order valence-corrected chi connectivity index (χ0v) is 11.3. The molecular formula is C15H15ClN2O. The quantitative estimate of drug-likeness (QED) is 0.843. The van der Waals surface area contributed by atoms with E-state index < -0.39 is 0 Å². The number of halogens is 1. The maximum atomic E-state index is 12.1. The number of carbonyl (C=O) groups excluding carboxylic acids is 1. The maximum absolute atomic E-state index is 12.1. The van der Waals surface area contributed by atoms with Crippen LogP contribution in [-0.2, 0) is 0 Å². The van der Waals surface area contributed by atoms with Gasteiger partial charge < -0.3 is 11.1 Å². The van der Waals surface area contributed by atoms with Crippen molar-refractivity contribution in [2.75, 3.05) is 5.73 Å². The molecule has 19 heavy (non-hydrogen) atoms. The van der Waals surface area contributed by atoms with E-state index in [9.17, 15) is 4.79 Å². The first-order valence-corrected chi connectivity index (χ1v) is 6.37. The van der Waals surface area contributed by atoms with Crippen molar-refractivity contribution in [3.05, 3.63) is 64.7 Å². The second-order valence-electron chi connectivity index (χ2n) is 4.30. The summed E-state index contributed by atoms with van der Waals surface area (Å²) in [5.74, 6) is -0.207. The first-order valence-electron chi connectivity index (χ1n) is 5.99. The second-order valence-corrected chi connectivity index (χ2v) is 4.71. The average molecular weight is 275 g/mol. The summed E-state index contributed by atoms with van der Waals surface area (Å²) < 4.78 is 0. The number of nitrogens with two attached hydrogens (primary N) is 1. The minimum absolute atomic E-state index is 0.176. The first kappa shape index (κ1) is 13.4. The third-order valence-corrected chi connectivity index (χ3v) is 3.26. The molecule has 0 radical (unpaired) electrons. The van der Waals surface area contributed by atoms with Crippen molar-refractivity contribution >= 4 is 23.2 Å². The van der Waals surface area contributed by atoms with Crippen LogP contribution < -0.4 is 11.1 Å². The normalized spacial score (nSPS) is 11.9. The molecule has 1 atom stereocenters. The Kier molecular flexibility index (Phi) is 4.07. The summed E-state index contributed by atoms with van der Waals surface area (Å²) in [7, 11) is 0. The Morgan fingerprint density at radius 1 is 1.16 bits per heavy atom. The van der Waals surface area contributed by atoms with Gasteiger partial charge in [0.05, 0.1) is 16.6 Å². The highest BCUT2D eigenvalue weighted by Gasteiger charge is 2.14. The minimum atomic E-state index is -0.207. The highest BCUT2D eigenvalue weighted by atomic mass is 35.5. The molecule has 0 heterocycles. The molecule has 98 valence electrons. The monoisotopic (exact) mass is 274 g/mol. The predicted molar refractivity (Wildman–Crippen MR) is 78.2 cm³/mol. The Labute approximate surface area is 117 Å². The lowest BCUT2D eigenvalue weighted by Crippen LogP contribution is -2.27. The van der Waals surface area contributed by atoms with E-state index in [1.807, 2.05) is 31.2 Å². The van der Waals surface area contributed by atoms with Gasteiger partial charge in [-0.3, -0.25) is 4.79 Å². The summed E-state index contributed by atoms with van der Waals surface area (Å²) in [6.07, 6.45) is 0. The van der Waals surface area contributed by atoms with Gasteiger partial charge >= 0.3 is 0 Å². The van der Waals surface area contributed by atoms with Crippen LogP contribution in [-0.4, -0.2) is 5.91 Å². The second kappa shape index (κ2) is 5.76. The van der Waals surface area contributed by atoms with Crippen LogP contribution in [0.1, 0.15) is 28.9 Å². The number of anilines is 1. The van der Waals surface area contributed by atoms with E-state index in [4.69, 9.17) is 17.3 Å². The van der Waals surface area contributed by atoms with E-state index in [2.05, 4.69) is 5.32 Å². The summed E-state index contributed by atoms with van der Waals surface area (Å²) in [6.45, 7) is 1.89. The van der Waals surface area contributed by atoms with Gasteiger partial charge in [-0.1, -0.05) is 41.9 Å². The van der Waals surface area contributed by atoms with Gasteiger partial charge in [0, 0.05) is 5.69 Å². The van der Waals surface area contributed by atoms with Gasteiger partial charge in [0.15, 0.2) is 0 Å². The Morgan fingerprint density at radius 3 is 2.47 bits per heavy atom. The average Bonchev–Trinajstić information content (AvgIpc) is 2.39. The summed E-state index contributed by atoms with van der Waals surface area (Å²) in [6, 6.07) is 14.2. The SMILES string of the molecule is CC(NC(=O)c1ccccc1Cl)c1ccccc1N. The number of rotatable bonds is 3. The van der Waals surface area contributed by atoms with Crippen molar-refractivity contribution in [1.29, 1.82) is 0 Å². The first-order chi connectivity index (χ1) is 9.09. The molecule has 3 N–H and O–H groups in total. The van der Waals surface area contributed by atoms with Crippen molar-refractivity contribution in [3.8, 4) is 0 Å². The molecule has 0 bridgehead atoms. The van der Waals surface area contributed by atoms with Crippen LogP contribution in [0.4, 0.5) is 5.69 Å². The highest BCUT2D eigenvalue weighted by Crippen LogP contribution is 2.21. The molecule has 0 saturated carbocycles. The number of nitrogen functional groups attached to an aromatic ring is 1. The summed E-state index contributed by atoms with van der Waals surface area (Å²) >= 11 is 5.99. The lowest BCUT2D eigenvalue weighted by molar-refractivity contribution is 0.0940. The molecule has 0 fully saturated rings. The molecule has 1 amide bonds. The van der Waals surface area contributed by atoms with Crippen LogP contribution in [0.15, 0.2) is 48.5 Å². The molecule has 2 aromatic carbocycles. The third-order valence-electron chi connectivity index (χ3n) is 2.93. The predicted octanol–water partition coefficient (Wildman–Crippen LogP) is 3.41. The van der Waals surface area contributed by atoms with E-state index >= 15 is 0 Å². The lowest BCUT2D eigenvalue weighted by Gasteiger charge is -2.16. The molecule has 0 aliphatic heterocycles. The smallest absolute Gasteiger partial charge is 0.253 e. The van der Waals surface area contributed by atoms with Crippen LogP contribution in [0.5, 0.6) is 0 Å². The molecule has 1 unspecified atom stereocenters. The summed E-state index contributed by atoms with van der Waals surface area (Å²) in [5, 5.41) is 3.33. The molecule has 0 aliphatic rings. The number of nitrogens with one attached hydrogen (secondary N) is 1. The molecule has 2 rings (SSSR count). The molecule has 3 nitrogen and oxygen atoms in total. The molecule has 4 heteroatoms. The van der Waals surface area contributed by atoms with Gasteiger partial charge in [0.2, 0.25) is 0 Å². The standard InChI is InChI=1S/C15H15ClN2O/c1-10(11-6-3-5-9-14(11)17)18-15(19)12-7-2-4-8-13(12)16/h2-10H,17H2,1H3,(H,18,19). The van der Waals surface area contributed by atoms with Gasteiger partial charge in [-0.25, -0.2) is 0 Å². The van der Waals surface area contributed by atoms with E-state index in [0.29, 0.717) is 16.3 Å². The van der Waals surface area contributed by atoms with E-state index in [1.165, 1.54) is 0 Å². The Morgan fingerprint density at radius 2 is 1.79 bits per heavy atom. The number of carbonyl (C=O) groups is 1. The highest BCUT2D eigenvalue weighted by molar-refractivity contribution is 6.33. The van der Waals surface area contributed by atoms with Crippen molar-refractivity contribution < 1.29 is 4.79 Å². The topological polar surface area (TPSA) is 55.1 Å². The molecule has 0 aromatic heterocycles. The number of amides is 1. The Hall–Kier alpha value is -2.00. The van der Waals surface area contributed by atoms with Crippen LogP contribution in [0.3, 0.4) is 0 Å². The molecule has 0 aliphatic carbocycles. The number of benzene rings is 2. The number of hydrogen-bond acceptors (Lipinski definition) is 2. The van der Waals surface area contributed by atoms with Crippen LogP contribution in [0, 0.1) is 0 Å². The van der Waals surface area contributed by atoms with Gasteiger partial charge in [-0.2, -0.15) is 0 Å². The van der Waals surface area contributed by atoms with Gasteiger partial charge in [0.1, 0.15) is 0 Å².